The van der Waals surface area contributed by atoms with E-state index >= 15 is 0 Å². The Balaban J connectivity index is 1.63. The van der Waals surface area contributed by atoms with Crippen LogP contribution in [0.5, 0.6) is 17.2 Å². The molecule has 224 valence electrons. The summed E-state index contributed by atoms with van der Waals surface area (Å²) >= 11 is 0. The Morgan fingerprint density at radius 3 is 2.48 bits per heavy atom. The largest absolute Gasteiger partial charge is 0.507 e. The highest BCUT2D eigenvalue weighted by Gasteiger charge is 2.49. The number of ketones is 3. The van der Waals surface area contributed by atoms with Crippen LogP contribution in [0, 0.1) is 0 Å². The molecule has 6 atom stereocenters. The minimum atomic E-state index is -2.01. The standard InChI is InChI=1S/C30H34N2O10/c1-13-25(34)17(31-12-32(3)4)9-20(41-13)42-19-11-30(39,14(2)33)10-16-22(19)29(38)24-23(27(16)36)26(35)15-7-6-8-18(40-5)21(15)28(24)37/h6-8,12-13,17,19-20,25,34,36,38-39H,9-11H2,1-5H3/t13?,17?,19-,20?,25?,30-/m0/s1. The van der Waals surface area contributed by atoms with Crippen LogP contribution in [0.3, 0.4) is 0 Å². The zero-order valence-electron chi connectivity index (χ0n) is 24.0. The van der Waals surface area contributed by atoms with Crippen molar-refractivity contribution >= 4 is 23.7 Å². The van der Waals surface area contributed by atoms with Gasteiger partial charge in [-0.2, -0.15) is 0 Å². The summed E-state index contributed by atoms with van der Waals surface area (Å²) in [6, 6.07) is 3.85. The number of phenols is 2. The predicted octanol–water partition coefficient (Wildman–Crippen LogP) is 1.66. The maximum absolute atomic E-state index is 13.8. The van der Waals surface area contributed by atoms with Crippen molar-refractivity contribution in [2.75, 3.05) is 21.2 Å². The monoisotopic (exact) mass is 582 g/mol. The van der Waals surface area contributed by atoms with E-state index in [0.29, 0.717) is 0 Å². The van der Waals surface area contributed by atoms with Gasteiger partial charge in [0.05, 0.1) is 48.4 Å². The number of fused-ring (bicyclic) bond motifs is 3. The number of carbonyl (C=O) groups is 3. The number of aliphatic hydroxyl groups excluding tert-OH is 1. The molecular weight excluding hydrogens is 548 g/mol. The average molecular weight is 583 g/mol. The lowest BCUT2D eigenvalue weighted by atomic mass is 9.72. The highest BCUT2D eigenvalue weighted by atomic mass is 16.7. The van der Waals surface area contributed by atoms with Gasteiger partial charge in [-0.1, -0.05) is 12.1 Å². The van der Waals surface area contributed by atoms with Crippen LogP contribution in [0.1, 0.15) is 75.8 Å². The van der Waals surface area contributed by atoms with E-state index in [0.717, 1.165) is 0 Å². The van der Waals surface area contributed by atoms with Crippen molar-refractivity contribution in [2.45, 2.75) is 69.4 Å². The smallest absolute Gasteiger partial charge is 0.202 e. The molecule has 2 aliphatic carbocycles. The maximum Gasteiger partial charge on any atom is 0.202 e. The van der Waals surface area contributed by atoms with E-state index in [-0.39, 0.29) is 40.8 Å². The van der Waals surface area contributed by atoms with Crippen molar-refractivity contribution in [2.24, 2.45) is 4.99 Å². The van der Waals surface area contributed by atoms with Crippen molar-refractivity contribution in [3.8, 4) is 17.2 Å². The molecule has 0 amide bonds. The van der Waals surface area contributed by atoms with E-state index in [2.05, 4.69) is 4.99 Å². The number of rotatable bonds is 6. The van der Waals surface area contributed by atoms with E-state index in [1.54, 1.807) is 32.3 Å². The summed E-state index contributed by atoms with van der Waals surface area (Å²) in [4.78, 5) is 46.1. The molecule has 1 saturated heterocycles. The van der Waals surface area contributed by atoms with Gasteiger partial charge in [0.25, 0.3) is 0 Å². The van der Waals surface area contributed by atoms with Crippen LogP contribution in [0.2, 0.25) is 0 Å². The van der Waals surface area contributed by atoms with Crippen LogP contribution in [0.15, 0.2) is 23.2 Å². The highest BCUT2D eigenvalue weighted by molar-refractivity contribution is 6.31. The fourth-order valence-electron chi connectivity index (χ4n) is 5.97. The molecule has 0 spiro atoms. The molecule has 1 heterocycles. The number of hydrogen-bond donors (Lipinski definition) is 4. The van der Waals surface area contributed by atoms with Gasteiger partial charge in [-0.15, -0.1) is 0 Å². The van der Waals surface area contributed by atoms with E-state index in [1.807, 2.05) is 0 Å². The number of hydrogen-bond acceptors (Lipinski definition) is 11. The van der Waals surface area contributed by atoms with Crippen LogP contribution < -0.4 is 4.74 Å². The summed E-state index contributed by atoms with van der Waals surface area (Å²) < 4.78 is 17.4. The summed E-state index contributed by atoms with van der Waals surface area (Å²) in [6.07, 6.45) is -2.98. The first-order valence-corrected chi connectivity index (χ1v) is 13.6. The first-order chi connectivity index (χ1) is 19.8. The second-order valence-corrected chi connectivity index (χ2v) is 11.3. The first-order valence-electron chi connectivity index (χ1n) is 13.6. The molecule has 4 N–H and O–H groups in total. The molecule has 12 heteroatoms. The van der Waals surface area contributed by atoms with Crippen LogP contribution in [-0.4, -0.2) is 100 Å². The third-order valence-electron chi connectivity index (χ3n) is 8.21. The highest BCUT2D eigenvalue weighted by Crippen LogP contribution is 2.52. The lowest BCUT2D eigenvalue weighted by molar-refractivity contribution is -0.246. The number of aliphatic hydroxyl groups is 2. The third kappa shape index (κ3) is 4.74. The van der Waals surface area contributed by atoms with Crippen molar-refractivity contribution in [3.63, 3.8) is 0 Å². The number of aliphatic imine (C=N–C) groups is 1. The molecule has 2 aromatic rings. The lowest BCUT2D eigenvalue weighted by Gasteiger charge is -2.42. The second kappa shape index (κ2) is 10.8. The number of nitrogens with zero attached hydrogens (tertiary/aromatic N) is 2. The molecular formula is C30H34N2O10. The summed E-state index contributed by atoms with van der Waals surface area (Å²) in [5.41, 5.74) is -3.04. The maximum atomic E-state index is 13.8. The SMILES string of the molecule is COc1cccc2c1C(=O)c1c(O)c3c(c(O)c1C2=O)C[C@@](O)(C(C)=O)C[C@@H]3OC1CC(N=CN(C)C)C(O)C(C)O1. The number of carbonyl (C=O) groups excluding carboxylic acids is 3. The molecule has 4 unspecified atom stereocenters. The summed E-state index contributed by atoms with van der Waals surface area (Å²) in [6.45, 7) is 2.84. The van der Waals surface area contributed by atoms with Crippen molar-refractivity contribution < 1.29 is 49.0 Å². The lowest BCUT2D eigenvalue weighted by Crippen LogP contribution is -2.49. The number of benzene rings is 2. The fourth-order valence-corrected chi connectivity index (χ4v) is 5.97. The topological polar surface area (TPSA) is 175 Å². The minimum absolute atomic E-state index is 0.0144. The predicted molar refractivity (Wildman–Crippen MR) is 148 cm³/mol. The molecule has 42 heavy (non-hydrogen) atoms. The van der Waals surface area contributed by atoms with E-state index in [4.69, 9.17) is 14.2 Å². The van der Waals surface area contributed by atoms with Crippen molar-refractivity contribution in [1.82, 2.24) is 4.90 Å². The molecule has 0 aromatic heterocycles. The van der Waals surface area contributed by atoms with Gasteiger partial charge in [0.15, 0.2) is 17.9 Å². The van der Waals surface area contributed by atoms with Crippen molar-refractivity contribution in [3.05, 3.63) is 51.6 Å². The van der Waals surface area contributed by atoms with Crippen LogP contribution >= 0.6 is 0 Å². The number of phenolic OH excluding ortho intramolecular Hbond substituents is 2. The number of Topliss-reactive ketones (excluding diaryl/α,β-unsaturated/α-hetero) is 1. The molecule has 0 bridgehead atoms. The summed E-state index contributed by atoms with van der Waals surface area (Å²) in [7, 11) is 4.91. The first kappa shape index (κ1) is 29.6. The van der Waals surface area contributed by atoms with Crippen LogP contribution in [0.25, 0.3) is 0 Å². The fraction of sp³-hybridized carbons (Fsp3) is 0.467. The normalized spacial score (nSPS) is 28.7. The molecule has 3 aliphatic rings. The molecule has 2 aromatic carbocycles. The average Bonchev–Trinajstić information content (AvgIpc) is 2.93. The Labute approximate surface area is 242 Å². The van der Waals surface area contributed by atoms with Gasteiger partial charge in [0.1, 0.15) is 29.0 Å². The third-order valence-corrected chi connectivity index (χ3v) is 8.21. The molecule has 1 aliphatic heterocycles. The van der Waals surface area contributed by atoms with Gasteiger partial charge in [0.2, 0.25) is 5.78 Å². The molecule has 0 saturated carbocycles. The Kier molecular flexibility index (Phi) is 7.60. The Bertz CT molecular complexity index is 1500. The van der Waals surface area contributed by atoms with E-state index in [9.17, 15) is 34.8 Å². The molecule has 0 radical (unpaired) electrons. The van der Waals surface area contributed by atoms with Gasteiger partial charge in [-0.3, -0.25) is 19.4 Å². The van der Waals surface area contributed by atoms with Gasteiger partial charge in [-0.05, 0) is 19.9 Å². The molecule has 5 rings (SSSR count). The zero-order chi connectivity index (χ0) is 30.7. The van der Waals surface area contributed by atoms with Gasteiger partial charge in [-0.25, -0.2) is 0 Å². The van der Waals surface area contributed by atoms with Crippen molar-refractivity contribution in [1.29, 1.82) is 0 Å². The summed E-state index contributed by atoms with van der Waals surface area (Å²) in [5.74, 6) is -3.17. The Morgan fingerprint density at radius 1 is 1.14 bits per heavy atom. The number of ether oxygens (including phenoxy) is 3. The minimum Gasteiger partial charge on any atom is -0.507 e. The van der Waals surface area contributed by atoms with Gasteiger partial charge >= 0.3 is 0 Å². The van der Waals surface area contributed by atoms with Crippen LogP contribution in [0.4, 0.5) is 0 Å². The molecule has 12 nitrogen and oxygen atoms in total. The molecule has 1 fully saturated rings. The van der Waals surface area contributed by atoms with Gasteiger partial charge in [0, 0.05) is 50.0 Å². The quantitative estimate of drug-likeness (QED) is 0.189. The van der Waals surface area contributed by atoms with E-state index < -0.39 is 82.6 Å². The number of aromatic hydroxyl groups is 2. The van der Waals surface area contributed by atoms with E-state index in [1.165, 1.54) is 32.2 Å². The van der Waals surface area contributed by atoms with Gasteiger partial charge < -0.3 is 39.5 Å². The Morgan fingerprint density at radius 2 is 1.83 bits per heavy atom. The second-order valence-electron chi connectivity index (χ2n) is 11.3. The number of methoxy groups -OCH3 is 1. The van der Waals surface area contributed by atoms with Crippen LogP contribution in [-0.2, 0) is 20.7 Å². The summed E-state index contributed by atoms with van der Waals surface area (Å²) in [5, 5.41) is 45.0. The Hall–Kier alpha value is -3.84. The zero-order valence-corrected chi connectivity index (χ0v) is 24.0.